The van der Waals surface area contributed by atoms with Crippen molar-refractivity contribution in [2.75, 3.05) is 0 Å². The Morgan fingerprint density at radius 1 is 0.692 bits per heavy atom. The minimum absolute atomic E-state index is 0.594. The van der Waals surface area contributed by atoms with Crippen molar-refractivity contribution < 1.29 is 26.1 Å². The molecule has 0 radical (unpaired) electrons. The molecule has 7 heteroatoms. The van der Waals surface area contributed by atoms with Crippen molar-refractivity contribution in [3.8, 4) is 0 Å². The third-order valence-electron chi connectivity index (χ3n) is 4.46. The van der Waals surface area contributed by atoms with Crippen molar-refractivity contribution in [3.05, 3.63) is 0 Å². The second-order valence-electron chi connectivity index (χ2n) is 7.77. The highest BCUT2D eigenvalue weighted by Gasteiger charge is 2.44. The van der Waals surface area contributed by atoms with E-state index in [9.17, 15) is 13.2 Å². The minimum Gasteiger partial charge on any atom is -0.279 e. The molecule has 0 aliphatic rings. The van der Waals surface area contributed by atoms with E-state index in [1.807, 2.05) is 0 Å². The van der Waals surface area contributed by atoms with Gasteiger partial charge >= 0.3 is 15.6 Å². The van der Waals surface area contributed by atoms with Crippen LogP contribution in [0.1, 0.15) is 111 Å². The van der Waals surface area contributed by atoms with Crippen molar-refractivity contribution in [2.45, 2.75) is 117 Å². The van der Waals surface area contributed by atoms with Gasteiger partial charge in [0.2, 0.25) is 0 Å². The molecular formula is C19H39F3O3S. The van der Waals surface area contributed by atoms with Crippen LogP contribution in [0.5, 0.6) is 0 Å². The van der Waals surface area contributed by atoms with Crippen molar-refractivity contribution in [1.82, 2.24) is 0 Å². The zero-order valence-electron chi connectivity index (χ0n) is 17.0. The molecule has 0 saturated carbocycles. The average Bonchev–Trinajstić information content (AvgIpc) is 2.49. The van der Waals surface area contributed by atoms with E-state index in [4.69, 9.17) is 13.0 Å². The molecule has 0 heterocycles. The Kier molecular flexibility index (Phi) is 15.8. The van der Waals surface area contributed by atoms with Crippen LogP contribution >= 0.6 is 0 Å². The van der Waals surface area contributed by atoms with Crippen LogP contribution in [0.25, 0.3) is 0 Å². The van der Waals surface area contributed by atoms with E-state index in [0.717, 1.165) is 0 Å². The highest BCUT2D eigenvalue weighted by Crippen LogP contribution is 2.30. The summed E-state index contributed by atoms with van der Waals surface area (Å²) < 4.78 is 57.5. The first kappa shape index (κ1) is 27.9. The number of halogens is 3. The van der Waals surface area contributed by atoms with Crippen LogP contribution in [0.3, 0.4) is 0 Å². The quantitative estimate of drug-likeness (QED) is 0.196. The molecule has 0 fully saturated rings. The summed E-state index contributed by atoms with van der Waals surface area (Å²) in [4.78, 5) is 0. The molecule has 0 aliphatic carbocycles. The van der Waals surface area contributed by atoms with Crippen molar-refractivity contribution >= 4 is 10.1 Å². The van der Waals surface area contributed by atoms with Gasteiger partial charge in [0.1, 0.15) is 0 Å². The maximum absolute atomic E-state index is 10.7. The maximum atomic E-state index is 10.7. The molecule has 26 heavy (non-hydrogen) atoms. The molecule has 0 bridgehead atoms. The SMILES string of the molecule is CCCCCCCCCC(C)(C)CCCCCC.O=S(=O)(O)C(F)(F)F. The number of unbranched alkanes of at least 4 members (excludes halogenated alkanes) is 9. The normalized spacial score (nSPS) is 12.6. The van der Waals surface area contributed by atoms with Crippen LogP contribution in [-0.4, -0.2) is 18.5 Å². The first-order chi connectivity index (χ1) is 11.9. The summed E-state index contributed by atoms with van der Waals surface area (Å²) in [6, 6.07) is 0. The van der Waals surface area contributed by atoms with E-state index >= 15 is 0 Å². The Hall–Kier alpha value is -0.300. The fourth-order valence-corrected chi connectivity index (χ4v) is 2.72. The molecule has 3 nitrogen and oxygen atoms in total. The lowest BCUT2D eigenvalue weighted by Crippen LogP contribution is -2.21. The molecule has 0 aromatic carbocycles. The number of hydrogen-bond donors (Lipinski definition) is 1. The molecule has 0 spiro atoms. The highest BCUT2D eigenvalue weighted by atomic mass is 32.2. The van der Waals surface area contributed by atoms with Gasteiger partial charge in [-0.25, -0.2) is 0 Å². The summed E-state index contributed by atoms with van der Waals surface area (Å²) in [6.45, 7) is 9.52. The maximum Gasteiger partial charge on any atom is 0.522 e. The summed E-state index contributed by atoms with van der Waals surface area (Å²) in [5.41, 5.74) is -4.94. The van der Waals surface area contributed by atoms with E-state index < -0.39 is 15.6 Å². The van der Waals surface area contributed by atoms with Crippen LogP contribution in [-0.2, 0) is 10.1 Å². The first-order valence-electron chi connectivity index (χ1n) is 9.91. The van der Waals surface area contributed by atoms with Crippen LogP contribution in [0.4, 0.5) is 13.2 Å². The molecule has 0 amide bonds. The lowest BCUT2D eigenvalue weighted by molar-refractivity contribution is -0.0510. The molecule has 0 unspecified atom stereocenters. The zero-order chi connectivity index (χ0) is 20.7. The first-order valence-corrected chi connectivity index (χ1v) is 11.3. The second kappa shape index (κ2) is 14.7. The fraction of sp³-hybridized carbons (Fsp3) is 1.00. The van der Waals surface area contributed by atoms with Crippen molar-refractivity contribution in [2.24, 2.45) is 5.41 Å². The second-order valence-corrected chi connectivity index (χ2v) is 9.18. The third-order valence-corrected chi connectivity index (χ3v) is 5.04. The lowest BCUT2D eigenvalue weighted by atomic mass is 9.82. The third kappa shape index (κ3) is 18.5. The number of alkyl halides is 3. The monoisotopic (exact) mass is 404 g/mol. The molecular weight excluding hydrogens is 365 g/mol. The predicted octanol–water partition coefficient (Wildman–Crippen LogP) is 7.52. The fourth-order valence-electron chi connectivity index (χ4n) is 2.72. The minimum atomic E-state index is -5.84. The topological polar surface area (TPSA) is 54.4 Å². The van der Waals surface area contributed by atoms with E-state index in [1.54, 1.807) is 0 Å². The lowest BCUT2D eigenvalue weighted by Gasteiger charge is -2.24. The van der Waals surface area contributed by atoms with Gasteiger partial charge < -0.3 is 0 Å². The van der Waals surface area contributed by atoms with Gasteiger partial charge in [0.25, 0.3) is 0 Å². The Labute approximate surface area is 158 Å². The molecule has 0 aromatic rings. The molecule has 0 saturated heterocycles. The largest absolute Gasteiger partial charge is 0.522 e. The van der Waals surface area contributed by atoms with Gasteiger partial charge in [-0.2, -0.15) is 21.6 Å². The molecule has 0 aromatic heterocycles. The van der Waals surface area contributed by atoms with Gasteiger partial charge in [0, 0.05) is 0 Å². The number of rotatable bonds is 13. The summed E-state index contributed by atoms with van der Waals surface area (Å²) in [6.07, 6.45) is 18.6. The van der Waals surface area contributed by atoms with Gasteiger partial charge in [0.05, 0.1) is 0 Å². The summed E-state index contributed by atoms with van der Waals surface area (Å²) in [5.74, 6) is 0. The van der Waals surface area contributed by atoms with Gasteiger partial charge in [0.15, 0.2) is 0 Å². The predicted molar refractivity (Wildman–Crippen MR) is 103 cm³/mol. The average molecular weight is 405 g/mol. The Bertz CT molecular complexity index is 418. The molecule has 0 atom stereocenters. The summed E-state index contributed by atoms with van der Waals surface area (Å²) >= 11 is 0. The highest BCUT2D eigenvalue weighted by molar-refractivity contribution is 7.86. The van der Waals surface area contributed by atoms with E-state index in [0.29, 0.717) is 5.41 Å². The smallest absolute Gasteiger partial charge is 0.279 e. The van der Waals surface area contributed by atoms with Crippen molar-refractivity contribution in [1.29, 1.82) is 0 Å². The Morgan fingerprint density at radius 3 is 1.27 bits per heavy atom. The van der Waals surface area contributed by atoms with Crippen LogP contribution in [0, 0.1) is 5.41 Å². The zero-order valence-corrected chi connectivity index (χ0v) is 17.8. The molecule has 160 valence electrons. The summed E-state index contributed by atoms with van der Waals surface area (Å²) in [5, 5.41) is 0. The van der Waals surface area contributed by atoms with Crippen molar-refractivity contribution in [3.63, 3.8) is 0 Å². The van der Waals surface area contributed by atoms with Gasteiger partial charge in [-0.05, 0) is 18.3 Å². The van der Waals surface area contributed by atoms with E-state index in [1.165, 1.54) is 83.5 Å². The molecule has 0 rings (SSSR count). The Balaban J connectivity index is 0. The van der Waals surface area contributed by atoms with Gasteiger partial charge in [-0.15, -0.1) is 0 Å². The van der Waals surface area contributed by atoms with Crippen LogP contribution in [0.15, 0.2) is 0 Å². The summed E-state index contributed by atoms with van der Waals surface area (Å²) in [7, 11) is -5.84. The molecule has 1 N–H and O–H groups in total. The Morgan fingerprint density at radius 2 is 0.962 bits per heavy atom. The van der Waals surface area contributed by atoms with Gasteiger partial charge in [-0.1, -0.05) is 98.3 Å². The number of hydrogen-bond acceptors (Lipinski definition) is 2. The van der Waals surface area contributed by atoms with E-state index in [-0.39, 0.29) is 0 Å². The molecule has 0 aliphatic heterocycles. The van der Waals surface area contributed by atoms with Gasteiger partial charge in [-0.3, -0.25) is 4.55 Å². The van der Waals surface area contributed by atoms with E-state index in [2.05, 4.69) is 27.7 Å². The standard InChI is InChI=1S/C18H38.CHF3O3S/c1-5-7-9-11-12-13-15-17-18(3,4)16-14-10-8-6-2;2-1(3,4)8(5,6)7/h5-17H2,1-4H3;(H,5,6,7). The van der Waals surface area contributed by atoms with Crippen LogP contribution < -0.4 is 0 Å². The van der Waals surface area contributed by atoms with Crippen LogP contribution in [0.2, 0.25) is 0 Å².